The Bertz CT molecular complexity index is 333. The van der Waals surface area contributed by atoms with E-state index in [2.05, 4.69) is 17.5 Å². The second-order valence-electron chi connectivity index (χ2n) is 5.76. The first-order chi connectivity index (χ1) is 14.9. The molecule has 0 aliphatic rings. The molecule has 0 amide bonds. The molecule has 0 aromatic rings. The molecule has 0 saturated carbocycles. The number of ether oxygens (including phenoxy) is 8. The third-order valence-corrected chi connectivity index (χ3v) is 3.51. The molecule has 0 aliphatic carbocycles. The maximum Gasteiger partial charge on any atom is 0.0701 e. The highest BCUT2D eigenvalue weighted by Gasteiger charge is 1.95. The molecular weight excluding hydrogens is 416 g/mol. The van der Waals surface area contributed by atoms with Gasteiger partial charge in [-0.05, 0) is 0 Å². The van der Waals surface area contributed by atoms with Crippen LogP contribution < -0.4 is 11.1 Å². The van der Waals surface area contributed by atoms with Gasteiger partial charge in [-0.25, -0.2) is 0 Å². The van der Waals surface area contributed by atoms with Gasteiger partial charge in [-0.1, -0.05) is 12.2 Å². The van der Waals surface area contributed by atoms with Crippen LogP contribution in [0.15, 0.2) is 0 Å². The van der Waals surface area contributed by atoms with E-state index in [4.69, 9.17) is 43.6 Å². The van der Waals surface area contributed by atoms with E-state index in [1.165, 1.54) is 5.49 Å². The summed E-state index contributed by atoms with van der Waals surface area (Å²) in [6, 6.07) is 0. The van der Waals surface area contributed by atoms with Gasteiger partial charge in [-0.3, -0.25) is 0 Å². The number of hydrogen-bond acceptors (Lipinski definition) is 10. The molecule has 11 heteroatoms. The lowest BCUT2D eigenvalue weighted by Crippen LogP contribution is -2.18. The maximum absolute atomic E-state index is 5.42. The van der Waals surface area contributed by atoms with E-state index in [0.29, 0.717) is 119 Å². The van der Waals surface area contributed by atoms with Gasteiger partial charge in [0, 0.05) is 13.1 Å². The molecule has 30 heavy (non-hydrogen) atoms. The number of rotatable bonds is 27. The van der Waals surface area contributed by atoms with Gasteiger partial charge < -0.3 is 48.9 Å². The van der Waals surface area contributed by atoms with Gasteiger partial charge in [-0.2, -0.15) is 0 Å². The zero-order valence-electron chi connectivity index (χ0n) is 18.1. The molecular formula is C19H40N2O8S. The fourth-order valence-electron chi connectivity index (χ4n) is 1.91. The van der Waals surface area contributed by atoms with Crippen molar-refractivity contribution in [2.75, 3.05) is 119 Å². The van der Waals surface area contributed by atoms with Crippen molar-refractivity contribution in [3.05, 3.63) is 0 Å². The van der Waals surface area contributed by atoms with Crippen LogP contribution in [0.1, 0.15) is 0 Å². The first-order valence-electron chi connectivity index (χ1n) is 10.4. The second kappa shape index (κ2) is 28.5. The summed E-state index contributed by atoms with van der Waals surface area (Å²) in [5.41, 5.74) is 6.79. The molecule has 0 radical (unpaired) electrons. The van der Waals surface area contributed by atoms with Crippen LogP contribution in [0.2, 0.25) is 0 Å². The summed E-state index contributed by atoms with van der Waals surface area (Å²) in [5, 5.41) is 2.88. The van der Waals surface area contributed by atoms with E-state index in [0.717, 1.165) is 0 Å². The fourth-order valence-corrected chi connectivity index (χ4v) is 2.03. The molecule has 0 spiro atoms. The monoisotopic (exact) mass is 456 g/mol. The van der Waals surface area contributed by atoms with Crippen LogP contribution in [-0.2, 0) is 37.9 Å². The van der Waals surface area contributed by atoms with E-state index in [-0.39, 0.29) is 0 Å². The van der Waals surface area contributed by atoms with Crippen molar-refractivity contribution in [1.29, 1.82) is 0 Å². The smallest absolute Gasteiger partial charge is 0.0701 e. The third-order valence-electron chi connectivity index (χ3n) is 3.34. The van der Waals surface area contributed by atoms with Crippen LogP contribution >= 0.6 is 12.2 Å². The van der Waals surface area contributed by atoms with Crippen LogP contribution in [0.4, 0.5) is 0 Å². The van der Waals surface area contributed by atoms with Crippen molar-refractivity contribution in [3.63, 3.8) is 0 Å². The minimum Gasteiger partial charge on any atom is -0.380 e. The lowest BCUT2D eigenvalue weighted by molar-refractivity contribution is -0.0228. The van der Waals surface area contributed by atoms with E-state index in [1.807, 2.05) is 0 Å². The van der Waals surface area contributed by atoms with Crippen LogP contribution in [-0.4, -0.2) is 124 Å². The summed E-state index contributed by atoms with van der Waals surface area (Å²) in [6.45, 7) is 9.99. The van der Waals surface area contributed by atoms with Crippen molar-refractivity contribution < 1.29 is 37.9 Å². The Balaban J connectivity index is 2.98. The number of hydrogen-bond donors (Lipinski definition) is 2. The topological polar surface area (TPSA) is 112 Å². The molecule has 180 valence electrons. The van der Waals surface area contributed by atoms with Crippen LogP contribution in [0.5, 0.6) is 0 Å². The number of thiocarbonyl (C=S) groups is 1. The largest absolute Gasteiger partial charge is 0.380 e. The Morgan fingerprint density at radius 2 is 0.733 bits per heavy atom. The van der Waals surface area contributed by atoms with Crippen molar-refractivity contribution in [3.8, 4) is 0 Å². The standard InChI is InChI=1S/C19H40N2O8S/c20-1-3-22-5-7-24-9-11-26-13-15-28-17-18-29-16-14-27-12-10-25-8-6-23-4-2-21-19-30/h19H,1-18,20H2,(H,21,30). The molecule has 0 atom stereocenters. The number of nitrogens with one attached hydrogen (secondary N) is 1. The summed E-state index contributed by atoms with van der Waals surface area (Å²) in [5.74, 6) is 0. The summed E-state index contributed by atoms with van der Waals surface area (Å²) in [7, 11) is 0. The first-order valence-corrected chi connectivity index (χ1v) is 10.9. The summed E-state index contributed by atoms with van der Waals surface area (Å²) in [4.78, 5) is 0. The Labute approximate surface area is 185 Å². The van der Waals surface area contributed by atoms with Gasteiger partial charge in [0.05, 0.1) is 111 Å². The van der Waals surface area contributed by atoms with Gasteiger partial charge >= 0.3 is 0 Å². The Hall–Kier alpha value is -0.470. The Morgan fingerprint density at radius 3 is 1.00 bits per heavy atom. The number of nitrogens with two attached hydrogens (primary N) is 1. The molecule has 0 aromatic heterocycles. The van der Waals surface area contributed by atoms with E-state index >= 15 is 0 Å². The molecule has 0 saturated heterocycles. The predicted molar refractivity (Wildman–Crippen MR) is 117 cm³/mol. The summed E-state index contributed by atoms with van der Waals surface area (Å²) >= 11 is 4.63. The molecule has 10 nitrogen and oxygen atoms in total. The Kier molecular flexibility index (Phi) is 28.1. The van der Waals surface area contributed by atoms with Gasteiger partial charge in [0.2, 0.25) is 0 Å². The minimum atomic E-state index is 0.529. The van der Waals surface area contributed by atoms with Crippen molar-refractivity contribution >= 4 is 17.7 Å². The molecule has 0 rings (SSSR count). The van der Waals surface area contributed by atoms with Crippen LogP contribution in [0, 0.1) is 0 Å². The molecule has 0 unspecified atom stereocenters. The average Bonchev–Trinajstić information content (AvgIpc) is 2.76. The zero-order valence-corrected chi connectivity index (χ0v) is 18.9. The van der Waals surface area contributed by atoms with Crippen molar-refractivity contribution in [1.82, 2.24) is 5.32 Å². The van der Waals surface area contributed by atoms with Crippen molar-refractivity contribution in [2.45, 2.75) is 0 Å². The quantitative estimate of drug-likeness (QED) is 0.125. The molecule has 0 aromatic carbocycles. The Morgan fingerprint density at radius 1 is 0.467 bits per heavy atom. The lowest BCUT2D eigenvalue weighted by Gasteiger charge is -2.08. The highest BCUT2D eigenvalue weighted by Crippen LogP contribution is 1.85. The third kappa shape index (κ3) is 27.5. The van der Waals surface area contributed by atoms with Gasteiger partial charge in [0.1, 0.15) is 0 Å². The fraction of sp³-hybridized carbons (Fsp3) is 0.947. The summed E-state index contributed by atoms with van der Waals surface area (Å²) < 4.78 is 42.9. The van der Waals surface area contributed by atoms with E-state index in [1.54, 1.807) is 0 Å². The minimum absolute atomic E-state index is 0.529. The average molecular weight is 457 g/mol. The van der Waals surface area contributed by atoms with Gasteiger partial charge in [-0.15, -0.1) is 0 Å². The molecule has 0 fully saturated rings. The van der Waals surface area contributed by atoms with Crippen LogP contribution in [0.3, 0.4) is 0 Å². The molecule has 0 bridgehead atoms. The summed E-state index contributed by atoms with van der Waals surface area (Å²) in [6.07, 6.45) is 0. The van der Waals surface area contributed by atoms with E-state index < -0.39 is 0 Å². The second-order valence-corrected chi connectivity index (χ2v) is 6.00. The van der Waals surface area contributed by atoms with Gasteiger partial charge in [0.15, 0.2) is 0 Å². The SMILES string of the molecule is NCCOCCOCCOCCOCCOCCOCCOCCOCCNC=S. The van der Waals surface area contributed by atoms with Crippen LogP contribution in [0.25, 0.3) is 0 Å². The molecule has 0 heterocycles. The van der Waals surface area contributed by atoms with Gasteiger partial charge in [0.25, 0.3) is 0 Å². The predicted octanol–water partition coefficient (Wildman–Crippen LogP) is -0.375. The maximum atomic E-state index is 5.42. The zero-order chi connectivity index (χ0) is 21.8. The highest BCUT2D eigenvalue weighted by molar-refractivity contribution is 7.78. The highest BCUT2D eigenvalue weighted by atomic mass is 32.1. The molecule has 0 aliphatic heterocycles. The first kappa shape index (κ1) is 29.5. The van der Waals surface area contributed by atoms with E-state index in [9.17, 15) is 0 Å². The normalized spacial score (nSPS) is 11.1. The van der Waals surface area contributed by atoms with Crippen molar-refractivity contribution in [2.24, 2.45) is 5.73 Å². The molecule has 3 N–H and O–H groups in total. The lowest BCUT2D eigenvalue weighted by atomic mass is 10.6.